The van der Waals surface area contributed by atoms with Gasteiger partial charge in [0.15, 0.2) is 5.78 Å². The van der Waals surface area contributed by atoms with Crippen LogP contribution < -0.4 is 9.47 Å². The quantitative estimate of drug-likeness (QED) is 0.594. The van der Waals surface area contributed by atoms with Crippen molar-refractivity contribution >= 4 is 28.4 Å². The molecule has 0 saturated heterocycles. The van der Waals surface area contributed by atoms with Gasteiger partial charge in [0.1, 0.15) is 17.3 Å². The van der Waals surface area contributed by atoms with Crippen LogP contribution in [0.3, 0.4) is 0 Å². The first-order valence-corrected chi connectivity index (χ1v) is 6.86. The second kappa shape index (κ2) is 6.21. The molecule has 2 rings (SSSR count). The van der Waals surface area contributed by atoms with Crippen LogP contribution in [-0.2, 0) is 0 Å². The minimum Gasteiger partial charge on any atom is -0.497 e. The fourth-order valence-electron chi connectivity index (χ4n) is 1.81. The van der Waals surface area contributed by atoms with E-state index in [0.717, 1.165) is 3.57 Å². The van der Waals surface area contributed by atoms with Gasteiger partial charge in [0.05, 0.1) is 25.3 Å². The lowest BCUT2D eigenvalue weighted by atomic mass is 10.0. The number of halogens is 2. The predicted octanol–water partition coefficient (Wildman–Crippen LogP) is 3.68. The van der Waals surface area contributed by atoms with Crippen molar-refractivity contribution in [3.8, 4) is 11.5 Å². The summed E-state index contributed by atoms with van der Waals surface area (Å²) in [7, 11) is 2.92. The van der Waals surface area contributed by atoms with Gasteiger partial charge < -0.3 is 9.47 Å². The first kappa shape index (κ1) is 14.8. The minimum absolute atomic E-state index is 0.00824. The lowest BCUT2D eigenvalue weighted by molar-refractivity contribution is 0.103. The average molecular weight is 386 g/mol. The molecule has 0 heterocycles. The van der Waals surface area contributed by atoms with Crippen molar-refractivity contribution in [3.63, 3.8) is 0 Å². The number of hydrogen-bond acceptors (Lipinski definition) is 3. The summed E-state index contributed by atoms with van der Waals surface area (Å²) in [5, 5.41) is 0. The number of benzene rings is 2. The Morgan fingerprint density at radius 2 is 1.80 bits per heavy atom. The van der Waals surface area contributed by atoms with E-state index in [2.05, 4.69) is 22.6 Å². The van der Waals surface area contributed by atoms with E-state index >= 15 is 0 Å². The topological polar surface area (TPSA) is 35.5 Å². The van der Waals surface area contributed by atoms with E-state index in [1.54, 1.807) is 18.2 Å². The van der Waals surface area contributed by atoms with Gasteiger partial charge in [0.25, 0.3) is 0 Å². The van der Waals surface area contributed by atoms with Crippen LogP contribution in [0.15, 0.2) is 36.4 Å². The van der Waals surface area contributed by atoms with Gasteiger partial charge in [0.2, 0.25) is 0 Å². The number of hydrogen-bond donors (Lipinski definition) is 0. The van der Waals surface area contributed by atoms with Gasteiger partial charge in [-0.25, -0.2) is 4.39 Å². The standard InChI is InChI=1S/C15H12FIO3/c1-19-10-4-5-11(13(16)8-10)15(18)12-7-9(17)3-6-14(12)20-2/h3-8H,1-2H3. The smallest absolute Gasteiger partial charge is 0.199 e. The molecule has 2 aromatic rings. The molecule has 0 aliphatic carbocycles. The van der Waals surface area contributed by atoms with Crippen LogP contribution in [0.1, 0.15) is 15.9 Å². The molecule has 0 amide bonds. The highest BCUT2D eigenvalue weighted by Gasteiger charge is 2.18. The molecule has 3 nitrogen and oxygen atoms in total. The van der Waals surface area contributed by atoms with Crippen LogP contribution in [0.25, 0.3) is 0 Å². The zero-order valence-corrected chi connectivity index (χ0v) is 13.1. The fourth-order valence-corrected chi connectivity index (χ4v) is 2.30. The van der Waals surface area contributed by atoms with Crippen LogP contribution in [0.5, 0.6) is 11.5 Å². The number of ketones is 1. The molecule has 0 fully saturated rings. The van der Waals surface area contributed by atoms with E-state index in [9.17, 15) is 9.18 Å². The van der Waals surface area contributed by atoms with E-state index in [1.165, 1.54) is 26.4 Å². The molecule has 0 saturated carbocycles. The van der Waals surface area contributed by atoms with Crippen molar-refractivity contribution < 1.29 is 18.7 Å². The number of rotatable bonds is 4. The highest BCUT2D eigenvalue weighted by molar-refractivity contribution is 14.1. The van der Waals surface area contributed by atoms with E-state index in [1.807, 2.05) is 6.07 Å². The maximum absolute atomic E-state index is 14.0. The molecule has 20 heavy (non-hydrogen) atoms. The van der Waals surface area contributed by atoms with Gasteiger partial charge in [-0.2, -0.15) is 0 Å². The number of methoxy groups -OCH3 is 2. The van der Waals surface area contributed by atoms with Crippen molar-refractivity contribution in [1.82, 2.24) is 0 Å². The van der Waals surface area contributed by atoms with Gasteiger partial charge in [-0.1, -0.05) is 0 Å². The molecule has 0 aromatic heterocycles. The SMILES string of the molecule is COc1ccc(C(=O)c2cc(I)ccc2OC)c(F)c1. The molecule has 0 aliphatic heterocycles. The third-order valence-corrected chi connectivity index (χ3v) is 3.50. The van der Waals surface area contributed by atoms with Gasteiger partial charge >= 0.3 is 0 Å². The Hall–Kier alpha value is -1.63. The van der Waals surface area contributed by atoms with Gasteiger partial charge in [-0.05, 0) is 52.9 Å². The molecule has 0 N–H and O–H groups in total. The highest BCUT2D eigenvalue weighted by atomic mass is 127. The lowest BCUT2D eigenvalue weighted by Gasteiger charge is -2.09. The molecular weight excluding hydrogens is 374 g/mol. The Morgan fingerprint density at radius 1 is 1.05 bits per heavy atom. The maximum atomic E-state index is 14.0. The molecule has 104 valence electrons. The second-order valence-electron chi connectivity index (χ2n) is 4.02. The molecule has 2 aromatic carbocycles. The normalized spacial score (nSPS) is 10.2. The molecule has 0 radical (unpaired) electrons. The third-order valence-electron chi connectivity index (χ3n) is 2.83. The molecule has 5 heteroatoms. The van der Waals surface area contributed by atoms with E-state index < -0.39 is 11.6 Å². The first-order valence-electron chi connectivity index (χ1n) is 5.78. The Labute approximate surface area is 129 Å². The second-order valence-corrected chi connectivity index (χ2v) is 5.27. The first-order chi connectivity index (χ1) is 9.56. The molecule has 0 aliphatic rings. The third kappa shape index (κ3) is 2.92. The summed E-state index contributed by atoms with van der Waals surface area (Å²) >= 11 is 2.09. The van der Waals surface area contributed by atoms with Gasteiger partial charge in [-0.15, -0.1) is 0 Å². The zero-order valence-electron chi connectivity index (χ0n) is 10.9. The number of carbonyl (C=O) groups is 1. The lowest BCUT2D eigenvalue weighted by Crippen LogP contribution is -2.07. The maximum Gasteiger partial charge on any atom is 0.199 e. The number of ether oxygens (including phenoxy) is 2. The molecule has 0 unspecified atom stereocenters. The van der Waals surface area contributed by atoms with Crippen LogP contribution in [-0.4, -0.2) is 20.0 Å². The van der Waals surface area contributed by atoms with Crippen molar-refractivity contribution in [2.24, 2.45) is 0 Å². The summed E-state index contributed by atoms with van der Waals surface area (Å²) in [5.41, 5.74) is 0.328. The summed E-state index contributed by atoms with van der Waals surface area (Å²) in [5.74, 6) is -0.241. The van der Waals surface area contributed by atoms with Gasteiger partial charge in [0, 0.05) is 9.64 Å². The zero-order chi connectivity index (χ0) is 14.7. The summed E-state index contributed by atoms with van der Waals surface area (Å²) in [4.78, 5) is 12.4. The predicted molar refractivity (Wildman–Crippen MR) is 82.1 cm³/mol. The Bertz CT molecular complexity index is 656. The highest BCUT2D eigenvalue weighted by Crippen LogP contribution is 2.26. The van der Waals surface area contributed by atoms with Crippen molar-refractivity contribution in [2.45, 2.75) is 0 Å². The fraction of sp³-hybridized carbons (Fsp3) is 0.133. The Morgan fingerprint density at radius 3 is 2.40 bits per heavy atom. The summed E-state index contributed by atoms with van der Waals surface area (Å²) in [6.45, 7) is 0. The van der Waals surface area contributed by atoms with Crippen molar-refractivity contribution in [3.05, 3.63) is 56.9 Å². The summed E-state index contributed by atoms with van der Waals surface area (Å²) < 4.78 is 24.9. The van der Waals surface area contributed by atoms with Crippen LogP contribution in [0, 0.1) is 9.39 Å². The monoisotopic (exact) mass is 386 g/mol. The largest absolute Gasteiger partial charge is 0.497 e. The molecule has 0 bridgehead atoms. The van der Waals surface area contributed by atoms with Gasteiger partial charge in [-0.3, -0.25) is 4.79 Å². The summed E-state index contributed by atoms with van der Waals surface area (Å²) in [6, 6.07) is 9.34. The van der Waals surface area contributed by atoms with E-state index in [4.69, 9.17) is 9.47 Å². The van der Waals surface area contributed by atoms with E-state index in [-0.39, 0.29) is 5.56 Å². The van der Waals surface area contributed by atoms with Crippen LogP contribution >= 0.6 is 22.6 Å². The van der Waals surface area contributed by atoms with Crippen LogP contribution in [0.4, 0.5) is 4.39 Å². The van der Waals surface area contributed by atoms with Crippen molar-refractivity contribution in [1.29, 1.82) is 0 Å². The van der Waals surface area contributed by atoms with Crippen LogP contribution in [0.2, 0.25) is 0 Å². The molecule has 0 spiro atoms. The minimum atomic E-state index is -0.615. The van der Waals surface area contributed by atoms with Crippen molar-refractivity contribution in [2.75, 3.05) is 14.2 Å². The average Bonchev–Trinajstić information content (AvgIpc) is 2.46. The molecular formula is C15H12FIO3. The Balaban J connectivity index is 2.48. The Kier molecular flexibility index (Phi) is 4.59. The number of carbonyl (C=O) groups excluding carboxylic acids is 1. The van der Waals surface area contributed by atoms with E-state index in [0.29, 0.717) is 17.1 Å². The molecule has 0 atom stereocenters. The summed E-state index contributed by atoms with van der Waals surface area (Å²) in [6.07, 6.45) is 0.